The summed E-state index contributed by atoms with van der Waals surface area (Å²) in [4.78, 5) is 23.6. The first-order valence-electron chi connectivity index (χ1n) is 9.04. The molecule has 2 rings (SSSR count). The molecule has 29 heavy (non-hydrogen) atoms. The molecule has 0 fully saturated rings. The molecule has 0 bridgehead atoms. The van der Waals surface area contributed by atoms with Gasteiger partial charge in [0, 0.05) is 6.54 Å². The van der Waals surface area contributed by atoms with E-state index in [9.17, 15) is 9.59 Å². The van der Waals surface area contributed by atoms with Gasteiger partial charge in [-0.3, -0.25) is 9.59 Å². The van der Waals surface area contributed by atoms with Crippen LogP contribution in [-0.2, 0) is 20.9 Å². The molecule has 2 amide bonds. The monoisotopic (exact) mass is 438 g/mol. The second-order valence-corrected chi connectivity index (χ2v) is 6.77. The molecule has 0 aliphatic carbocycles. The molecule has 0 saturated carbocycles. The van der Waals surface area contributed by atoms with Gasteiger partial charge < -0.3 is 20.1 Å². The van der Waals surface area contributed by atoms with Gasteiger partial charge in [-0.1, -0.05) is 42.5 Å². The number of alkyl halides is 2. The summed E-state index contributed by atoms with van der Waals surface area (Å²) in [6.45, 7) is 0.455. The topological polar surface area (TPSA) is 76.7 Å². The van der Waals surface area contributed by atoms with Crippen LogP contribution < -0.4 is 15.4 Å². The number of halogens is 2. The lowest BCUT2D eigenvalue weighted by Gasteiger charge is -2.29. The zero-order valence-corrected chi connectivity index (χ0v) is 17.6. The molecule has 2 aromatic carbocycles. The summed E-state index contributed by atoms with van der Waals surface area (Å²) in [5.41, 5.74) is 1.81. The summed E-state index contributed by atoms with van der Waals surface area (Å²) in [5, 5.41) is 5.53. The number of nitrogens with one attached hydrogen (secondary N) is 2. The van der Waals surface area contributed by atoms with Crippen molar-refractivity contribution in [1.82, 2.24) is 10.6 Å². The zero-order chi connectivity index (χ0) is 21.1. The van der Waals surface area contributed by atoms with Crippen LogP contribution in [-0.4, -0.2) is 43.3 Å². The van der Waals surface area contributed by atoms with Crippen molar-refractivity contribution >= 4 is 35.0 Å². The Kier molecular flexibility index (Phi) is 9.77. The largest absolute Gasteiger partial charge is 0.497 e. The zero-order valence-electron chi connectivity index (χ0n) is 16.1. The third-order valence-electron chi connectivity index (χ3n) is 4.19. The number of ether oxygens (including phenoxy) is 2. The molecule has 0 aromatic heterocycles. The van der Waals surface area contributed by atoms with E-state index in [0.717, 1.165) is 16.9 Å². The van der Waals surface area contributed by atoms with E-state index < -0.39 is 12.1 Å². The van der Waals surface area contributed by atoms with Crippen LogP contribution in [0.5, 0.6) is 5.75 Å². The lowest BCUT2D eigenvalue weighted by molar-refractivity contribution is -0.122. The van der Waals surface area contributed by atoms with Gasteiger partial charge in [0.05, 0.1) is 19.8 Å². The first-order valence-corrected chi connectivity index (χ1v) is 10.1. The Labute approximate surface area is 180 Å². The van der Waals surface area contributed by atoms with Crippen molar-refractivity contribution in [2.45, 2.75) is 18.8 Å². The molecule has 2 N–H and O–H groups in total. The molecular formula is C21H24Cl2N2O4. The van der Waals surface area contributed by atoms with Gasteiger partial charge in [0.2, 0.25) is 11.8 Å². The average molecular weight is 439 g/mol. The molecule has 0 unspecified atom stereocenters. The molecule has 0 aliphatic heterocycles. The fourth-order valence-electron chi connectivity index (χ4n) is 2.75. The summed E-state index contributed by atoms with van der Waals surface area (Å²) in [6, 6.07) is 16.5. The Morgan fingerprint density at radius 3 is 2.21 bits per heavy atom. The van der Waals surface area contributed by atoms with Gasteiger partial charge in [0.15, 0.2) is 0 Å². The predicted molar refractivity (Wildman–Crippen MR) is 113 cm³/mol. The van der Waals surface area contributed by atoms with Crippen molar-refractivity contribution < 1.29 is 19.1 Å². The van der Waals surface area contributed by atoms with Crippen LogP contribution in [0.2, 0.25) is 0 Å². The standard InChI is InChI=1S/C21H24Cl2N2O4/c1-28-17-9-7-15(8-10-17)14-29-21(16-5-3-2-4-6-16)18(25-20(27)12-23)13-24-19(26)11-22/h2-10,18,21H,11-14H2,1H3,(H,24,26)(H,25,27)/t18-,21+/m1/s1. The number of rotatable bonds is 11. The van der Waals surface area contributed by atoms with Crippen molar-refractivity contribution in [1.29, 1.82) is 0 Å². The van der Waals surface area contributed by atoms with Crippen LogP contribution >= 0.6 is 23.2 Å². The Morgan fingerprint density at radius 2 is 1.62 bits per heavy atom. The van der Waals surface area contributed by atoms with E-state index in [1.54, 1.807) is 7.11 Å². The summed E-state index contributed by atoms with van der Waals surface area (Å²) in [6.07, 6.45) is -0.513. The number of carbonyl (C=O) groups is 2. The number of hydrogen-bond donors (Lipinski definition) is 2. The number of amides is 2. The summed E-state index contributed by atoms with van der Waals surface area (Å²) in [7, 11) is 1.61. The van der Waals surface area contributed by atoms with Gasteiger partial charge in [-0.15, -0.1) is 23.2 Å². The minimum absolute atomic E-state index is 0.149. The van der Waals surface area contributed by atoms with Gasteiger partial charge >= 0.3 is 0 Å². The van der Waals surface area contributed by atoms with E-state index in [-0.39, 0.29) is 30.1 Å². The van der Waals surface area contributed by atoms with Crippen molar-refractivity contribution in [2.75, 3.05) is 25.4 Å². The predicted octanol–water partition coefficient (Wildman–Crippen LogP) is 3.03. The maximum Gasteiger partial charge on any atom is 0.235 e. The summed E-state index contributed by atoms with van der Waals surface area (Å²) < 4.78 is 11.3. The Balaban J connectivity index is 2.21. The Bertz CT molecular complexity index is 772. The molecule has 0 aliphatic rings. The van der Waals surface area contributed by atoms with E-state index in [2.05, 4.69) is 10.6 Å². The maximum atomic E-state index is 12.0. The maximum absolute atomic E-state index is 12.0. The van der Waals surface area contributed by atoms with Crippen LogP contribution in [0.25, 0.3) is 0 Å². The highest BCUT2D eigenvalue weighted by Gasteiger charge is 2.26. The molecule has 2 atom stereocenters. The van der Waals surface area contributed by atoms with Crippen LogP contribution in [0.15, 0.2) is 54.6 Å². The van der Waals surface area contributed by atoms with Crippen molar-refractivity contribution in [3.63, 3.8) is 0 Å². The van der Waals surface area contributed by atoms with Crippen LogP contribution in [0, 0.1) is 0 Å². The molecule has 0 saturated heterocycles. The van der Waals surface area contributed by atoms with Crippen molar-refractivity contribution in [3.05, 3.63) is 65.7 Å². The second kappa shape index (κ2) is 12.3. The Morgan fingerprint density at radius 1 is 0.966 bits per heavy atom. The normalized spacial score (nSPS) is 12.7. The molecule has 2 aromatic rings. The highest BCUT2D eigenvalue weighted by Crippen LogP contribution is 2.24. The number of methoxy groups -OCH3 is 1. The van der Waals surface area contributed by atoms with Gasteiger partial charge in [0.1, 0.15) is 23.6 Å². The van der Waals surface area contributed by atoms with Crippen molar-refractivity contribution in [3.8, 4) is 5.75 Å². The quantitative estimate of drug-likeness (QED) is 0.528. The molecule has 0 spiro atoms. The van der Waals surface area contributed by atoms with Crippen LogP contribution in [0.1, 0.15) is 17.2 Å². The highest BCUT2D eigenvalue weighted by atomic mass is 35.5. The van der Waals surface area contributed by atoms with E-state index >= 15 is 0 Å². The fraction of sp³-hybridized carbons (Fsp3) is 0.333. The minimum Gasteiger partial charge on any atom is -0.497 e. The second-order valence-electron chi connectivity index (χ2n) is 6.24. The van der Waals surface area contributed by atoms with Crippen LogP contribution in [0.4, 0.5) is 0 Å². The highest BCUT2D eigenvalue weighted by molar-refractivity contribution is 6.27. The molecule has 0 radical (unpaired) electrons. The smallest absolute Gasteiger partial charge is 0.235 e. The fourth-order valence-corrected chi connectivity index (χ4v) is 2.92. The molecule has 156 valence electrons. The first kappa shape index (κ1) is 23.0. The summed E-state index contributed by atoms with van der Waals surface area (Å²) in [5.74, 6) is -0.298. The van der Waals surface area contributed by atoms with Gasteiger partial charge in [-0.2, -0.15) is 0 Å². The SMILES string of the molecule is COc1ccc(CO[C@@H](c2ccccc2)[C@@H](CNC(=O)CCl)NC(=O)CCl)cc1. The van der Waals surface area contributed by atoms with Gasteiger partial charge in [-0.25, -0.2) is 0 Å². The number of hydrogen-bond acceptors (Lipinski definition) is 4. The van der Waals surface area contributed by atoms with Crippen LogP contribution in [0.3, 0.4) is 0 Å². The van der Waals surface area contributed by atoms with E-state index in [4.69, 9.17) is 32.7 Å². The first-order chi connectivity index (χ1) is 14.1. The lowest BCUT2D eigenvalue weighted by atomic mass is 10.0. The van der Waals surface area contributed by atoms with E-state index in [1.165, 1.54) is 0 Å². The average Bonchev–Trinajstić information content (AvgIpc) is 2.78. The molecule has 0 heterocycles. The Hall–Kier alpha value is -2.28. The number of benzene rings is 2. The van der Waals surface area contributed by atoms with E-state index in [0.29, 0.717) is 6.61 Å². The van der Waals surface area contributed by atoms with E-state index in [1.807, 2.05) is 54.6 Å². The van der Waals surface area contributed by atoms with Crippen molar-refractivity contribution in [2.24, 2.45) is 0 Å². The molecule has 6 nitrogen and oxygen atoms in total. The number of carbonyl (C=O) groups excluding carboxylic acids is 2. The summed E-state index contributed by atoms with van der Waals surface area (Å²) >= 11 is 11.2. The molecule has 8 heteroatoms. The minimum atomic E-state index is -0.533. The third-order valence-corrected chi connectivity index (χ3v) is 4.68. The lowest BCUT2D eigenvalue weighted by Crippen LogP contribution is -2.48. The third kappa shape index (κ3) is 7.57. The van der Waals surface area contributed by atoms with Gasteiger partial charge in [0.25, 0.3) is 0 Å². The van der Waals surface area contributed by atoms with Gasteiger partial charge in [-0.05, 0) is 23.3 Å². The molecular weight excluding hydrogens is 415 g/mol.